The van der Waals surface area contributed by atoms with Gasteiger partial charge in [0, 0.05) is 0 Å². The summed E-state index contributed by atoms with van der Waals surface area (Å²) in [5.74, 6) is 0. The van der Waals surface area contributed by atoms with Crippen LogP contribution in [0.1, 0.15) is 30.9 Å². The Kier molecular flexibility index (Phi) is 4.41. The molecule has 0 spiro atoms. The fraction of sp³-hybridized carbons (Fsp3) is 0.333. The van der Waals surface area contributed by atoms with Crippen molar-refractivity contribution in [3.8, 4) is 0 Å². The largest absolute Gasteiger partial charge is 0.329 e. The van der Waals surface area contributed by atoms with Crippen molar-refractivity contribution in [2.45, 2.75) is 32.3 Å². The van der Waals surface area contributed by atoms with Crippen LogP contribution in [0.15, 0.2) is 36.4 Å². The summed E-state index contributed by atoms with van der Waals surface area (Å²) in [4.78, 5) is 18.3. The van der Waals surface area contributed by atoms with Crippen molar-refractivity contribution < 1.29 is 14.4 Å². The number of aryl methyl sites for hydroxylation is 1. The summed E-state index contributed by atoms with van der Waals surface area (Å²) in [5, 5.41) is 2.07. The number of unbranched alkanes of at least 4 members (excludes halogenated alkanes) is 1. The molecule has 0 saturated heterocycles. The van der Waals surface area contributed by atoms with Crippen LogP contribution >= 0.6 is 7.60 Å². The molecule has 2 rings (SSSR count). The second-order valence-electron chi connectivity index (χ2n) is 4.86. The molecule has 0 aliphatic rings. The van der Waals surface area contributed by atoms with Crippen molar-refractivity contribution in [2.24, 2.45) is 0 Å². The van der Waals surface area contributed by atoms with E-state index >= 15 is 0 Å². The summed E-state index contributed by atoms with van der Waals surface area (Å²) < 4.78 is 11.2. The Bertz CT molecular complexity index is 616. The lowest BCUT2D eigenvalue weighted by Crippen LogP contribution is -1.92. The number of fused-ring (bicyclic) bond motifs is 1. The first-order valence-corrected chi connectivity index (χ1v) is 8.35. The number of hydrogen-bond donors (Lipinski definition) is 2. The van der Waals surface area contributed by atoms with Crippen molar-refractivity contribution in [2.75, 3.05) is 0 Å². The summed E-state index contributed by atoms with van der Waals surface area (Å²) in [6.45, 7) is 2.16. The first kappa shape index (κ1) is 14.3. The smallest absolute Gasteiger partial charge is 0.324 e. The fourth-order valence-corrected chi connectivity index (χ4v) is 3.10. The van der Waals surface area contributed by atoms with E-state index in [1.54, 1.807) is 6.07 Å². The predicted octanol–water partition coefficient (Wildman–Crippen LogP) is 3.86. The van der Waals surface area contributed by atoms with Gasteiger partial charge in [-0.1, -0.05) is 49.7 Å². The molecule has 102 valence electrons. The predicted molar refractivity (Wildman–Crippen MR) is 78.3 cm³/mol. The average Bonchev–Trinajstić information content (AvgIpc) is 2.35. The van der Waals surface area contributed by atoms with E-state index in [0.717, 1.165) is 35.6 Å². The summed E-state index contributed by atoms with van der Waals surface area (Å²) in [7, 11) is -4.03. The summed E-state index contributed by atoms with van der Waals surface area (Å²) >= 11 is 0. The highest BCUT2D eigenvalue weighted by Crippen LogP contribution is 2.41. The lowest BCUT2D eigenvalue weighted by atomic mass is 9.98. The van der Waals surface area contributed by atoms with Crippen molar-refractivity contribution in [1.29, 1.82) is 0 Å². The van der Waals surface area contributed by atoms with Gasteiger partial charge >= 0.3 is 7.60 Å². The zero-order valence-corrected chi connectivity index (χ0v) is 11.9. The molecule has 3 nitrogen and oxygen atoms in total. The Hall–Kier alpha value is -1.15. The maximum Gasteiger partial charge on any atom is 0.329 e. The Morgan fingerprint density at radius 3 is 2.16 bits per heavy atom. The van der Waals surface area contributed by atoms with Gasteiger partial charge in [-0.05, 0) is 34.7 Å². The van der Waals surface area contributed by atoms with Gasteiger partial charge in [0.15, 0.2) is 0 Å². The Labute approximate surface area is 113 Å². The fourth-order valence-electron chi connectivity index (χ4n) is 2.39. The third-order valence-electron chi connectivity index (χ3n) is 3.28. The normalized spacial score (nSPS) is 11.9. The number of hydrogen-bond acceptors (Lipinski definition) is 1. The molecular weight excluding hydrogens is 259 g/mol. The summed E-state index contributed by atoms with van der Waals surface area (Å²) in [6, 6.07) is 11.7. The van der Waals surface area contributed by atoms with Crippen molar-refractivity contribution in [3.05, 3.63) is 47.5 Å². The van der Waals surface area contributed by atoms with Crippen LogP contribution in [-0.4, -0.2) is 9.79 Å². The van der Waals surface area contributed by atoms with E-state index in [4.69, 9.17) is 9.79 Å². The number of rotatable bonds is 5. The second kappa shape index (κ2) is 5.87. The summed E-state index contributed by atoms with van der Waals surface area (Å²) in [5.41, 5.74) is 1.98. The zero-order chi connectivity index (χ0) is 13.9. The van der Waals surface area contributed by atoms with E-state index in [0.29, 0.717) is 0 Å². The SMILES string of the molecule is CCCCc1cccc2c(CP(=O)(O)O)cccc12. The van der Waals surface area contributed by atoms with Crippen molar-refractivity contribution in [3.63, 3.8) is 0 Å². The first-order chi connectivity index (χ1) is 9.01. The third kappa shape index (κ3) is 3.66. The van der Waals surface area contributed by atoms with Crippen LogP contribution in [-0.2, 0) is 17.1 Å². The van der Waals surface area contributed by atoms with E-state index in [2.05, 4.69) is 13.0 Å². The van der Waals surface area contributed by atoms with Gasteiger partial charge in [-0.25, -0.2) is 0 Å². The van der Waals surface area contributed by atoms with Gasteiger partial charge in [-0.3, -0.25) is 4.57 Å². The molecule has 0 aromatic heterocycles. The van der Waals surface area contributed by atoms with Gasteiger partial charge in [0.2, 0.25) is 0 Å². The second-order valence-corrected chi connectivity index (χ2v) is 6.50. The molecule has 0 bridgehead atoms. The van der Waals surface area contributed by atoms with Gasteiger partial charge in [0.25, 0.3) is 0 Å². The minimum atomic E-state index is -4.03. The van der Waals surface area contributed by atoms with E-state index in [1.165, 1.54) is 5.56 Å². The molecule has 2 N–H and O–H groups in total. The molecule has 0 amide bonds. The van der Waals surface area contributed by atoms with E-state index in [-0.39, 0.29) is 6.16 Å². The average molecular weight is 278 g/mol. The molecular formula is C15H19O3P. The maximum atomic E-state index is 11.2. The molecule has 2 aromatic carbocycles. The highest BCUT2D eigenvalue weighted by molar-refractivity contribution is 7.50. The van der Waals surface area contributed by atoms with Gasteiger partial charge in [-0.15, -0.1) is 0 Å². The quantitative estimate of drug-likeness (QED) is 0.816. The van der Waals surface area contributed by atoms with Gasteiger partial charge in [0.1, 0.15) is 0 Å². The van der Waals surface area contributed by atoms with Gasteiger partial charge in [0.05, 0.1) is 6.16 Å². The first-order valence-electron chi connectivity index (χ1n) is 6.55. The standard InChI is InChI=1S/C15H19O3P/c1-2-3-6-12-7-4-10-15-13(11-19(16,17)18)8-5-9-14(12)15/h4-5,7-10H,2-3,6,11H2,1H3,(H2,16,17,18). The Morgan fingerprint density at radius 1 is 1.00 bits per heavy atom. The van der Waals surface area contributed by atoms with E-state index < -0.39 is 7.60 Å². The molecule has 0 atom stereocenters. The van der Waals surface area contributed by atoms with Crippen LogP contribution in [0.3, 0.4) is 0 Å². The van der Waals surface area contributed by atoms with Crippen LogP contribution in [0.4, 0.5) is 0 Å². The minimum Gasteiger partial charge on any atom is -0.324 e. The molecule has 0 fully saturated rings. The minimum absolute atomic E-state index is 0.193. The van der Waals surface area contributed by atoms with E-state index in [9.17, 15) is 4.57 Å². The highest BCUT2D eigenvalue weighted by Gasteiger charge is 2.16. The monoisotopic (exact) mass is 278 g/mol. The molecule has 0 aliphatic carbocycles. The van der Waals surface area contributed by atoms with Crippen LogP contribution in [0, 0.1) is 0 Å². The van der Waals surface area contributed by atoms with Crippen molar-refractivity contribution >= 4 is 18.4 Å². The van der Waals surface area contributed by atoms with Gasteiger partial charge < -0.3 is 9.79 Å². The molecule has 2 aromatic rings. The molecule has 0 saturated carbocycles. The Balaban J connectivity index is 2.48. The van der Waals surface area contributed by atoms with Crippen LogP contribution < -0.4 is 0 Å². The van der Waals surface area contributed by atoms with E-state index in [1.807, 2.05) is 24.3 Å². The lowest BCUT2D eigenvalue weighted by Gasteiger charge is -2.11. The van der Waals surface area contributed by atoms with Gasteiger partial charge in [-0.2, -0.15) is 0 Å². The molecule has 0 radical (unpaired) electrons. The molecule has 19 heavy (non-hydrogen) atoms. The Morgan fingerprint density at radius 2 is 1.58 bits per heavy atom. The lowest BCUT2D eigenvalue weighted by molar-refractivity contribution is 0.372. The van der Waals surface area contributed by atoms with Crippen LogP contribution in [0.5, 0.6) is 0 Å². The molecule has 0 heterocycles. The molecule has 4 heteroatoms. The topological polar surface area (TPSA) is 57.5 Å². The molecule has 0 aliphatic heterocycles. The molecule has 0 unspecified atom stereocenters. The van der Waals surface area contributed by atoms with Crippen LogP contribution in [0.2, 0.25) is 0 Å². The summed E-state index contributed by atoms with van der Waals surface area (Å²) in [6.07, 6.45) is 3.08. The van der Waals surface area contributed by atoms with Crippen molar-refractivity contribution in [1.82, 2.24) is 0 Å². The zero-order valence-electron chi connectivity index (χ0n) is 11.0. The number of benzene rings is 2. The third-order valence-corrected chi connectivity index (χ3v) is 4.03. The maximum absolute atomic E-state index is 11.2. The van der Waals surface area contributed by atoms with Crippen LogP contribution in [0.25, 0.3) is 10.8 Å². The highest BCUT2D eigenvalue weighted by atomic mass is 31.2.